The predicted octanol–water partition coefficient (Wildman–Crippen LogP) is -0.191. The van der Waals surface area contributed by atoms with Crippen molar-refractivity contribution in [3.63, 3.8) is 0 Å². The number of nitrogens with one attached hydrogen (secondary N) is 2. The van der Waals surface area contributed by atoms with Crippen LogP contribution in [-0.4, -0.2) is 44.8 Å². The summed E-state index contributed by atoms with van der Waals surface area (Å²) >= 11 is 0. The van der Waals surface area contributed by atoms with E-state index in [0.29, 0.717) is 0 Å². The van der Waals surface area contributed by atoms with Crippen molar-refractivity contribution in [2.24, 2.45) is 0 Å². The van der Waals surface area contributed by atoms with Crippen LogP contribution in [0.1, 0.15) is 23.0 Å². The molecule has 1 aromatic carbocycles. The molecule has 1 aromatic heterocycles. The van der Waals surface area contributed by atoms with Crippen molar-refractivity contribution in [2.75, 3.05) is 32.7 Å². The second-order valence-corrected chi connectivity index (χ2v) is 6.56. The van der Waals surface area contributed by atoms with E-state index in [9.17, 15) is 4.79 Å². The molecule has 1 saturated heterocycles. The topological polar surface area (TPSA) is 48.3 Å². The third-order valence-electron chi connectivity index (χ3n) is 4.57. The largest absolute Gasteiger partial charge is 0.457 e. The maximum atomic E-state index is 11.9. The summed E-state index contributed by atoms with van der Waals surface area (Å²) < 4.78 is 10.5. The lowest BCUT2D eigenvalue weighted by molar-refractivity contribution is -1.02. The Bertz CT molecular complexity index is 619. The van der Waals surface area contributed by atoms with E-state index < -0.39 is 0 Å². The molecule has 0 radical (unpaired) electrons. The van der Waals surface area contributed by atoms with Gasteiger partial charge in [-0.3, -0.25) is 0 Å². The third kappa shape index (κ3) is 4.69. The standard InChI is InChI=1S/C19H24N2O3/c1-16(24-19(22)18-8-5-13-23-18)14-20-9-11-21(12-10-20)15-17-6-3-2-4-7-17/h2-8,13,16H,9-12,14-15H2,1H3/p+2/t16-/m1/s1. The average molecular weight is 330 g/mol. The van der Waals surface area contributed by atoms with Crippen molar-refractivity contribution in [2.45, 2.75) is 19.6 Å². The van der Waals surface area contributed by atoms with Crippen LogP contribution in [0.2, 0.25) is 0 Å². The van der Waals surface area contributed by atoms with E-state index in [0.717, 1.165) is 39.3 Å². The molecule has 5 nitrogen and oxygen atoms in total. The molecule has 5 heteroatoms. The van der Waals surface area contributed by atoms with Crippen molar-refractivity contribution >= 4 is 5.97 Å². The molecule has 1 atom stereocenters. The average Bonchev–Trinajstić information content (AvgIpc) is 3.12. The zero-order chi connectivity index (χ0) is 16.8. The van der Waals surface area contributed by atoms with E-state index in [4.69, 9.17) is 9.15 Å². The summed E-state index contributed by atoms with van der Waals surface area (Å²) in [6.45, 7) is 8.45. The van der Waals surface area contributed by atoms with Crippen LogP contribution in [-0.2, 0) is 11.3 Å². The first-order valence-corrected chi connectivity index (χ1v) is 8.66. The SMILES string of the molecule is C[C@H](C[NH+]1CC[NH+](Cc2ccccc2)CC1)OC(=O)c1ccco1. The molecule has 3 rings (SSSR count). The maximum absolute atomic E-state index is 11.9. The number of rotatable bonds is 6. The third-order valence-corrected chi connectivity index (χ3v) is 4.57. The smallest absolute Gasteiger partial charge is 0.374 e. The van der Waals surface area contributed by atoms with Gasteiger partial charge >= 0.3 is 5.97 Å². The second kappa shape index (κ2) is 8.13. The van der Waals surface area contributed by atoms with Gasteiger partial charge < -0.3 is 19.0 Å². The zero-order valence-corrected chi connectivity index (χ0v) is 14.2. The lowest BCUT2D eigenvalue weighted by atomic mass is 10.2. The van der Waals surface area contributed by atoms with E-state index >= 15 is 0 Å². The van der Waals surface area contributed by atoms with Gasteiger partial charge in [-0.15, -0.1) is 0 Å². The van der Waals surface area contributed by atoms with Crippen LogP contribution in [0.5, 0.6) is 0 Å². The number of esters is 1. The van der Waals surface area contributed by atoms with Crippen molar-refractivity contribution in [3.05, 3.63) is 60.1 Å². The maximum Gasteiger partial charge on any atom is 0.374 e. The van der Waals surface area contributed by atoms with Gasteiger partial charge in [-0.25, -0.2) is 4.79 Å². The highest BCUT2D eigenvalue weighted by atomic mass is 16.6. The number of carbonyl (C=O) groups is 1. The lowest BCUT2D eigenvalue weighted by Gasteiger charge is -2.30. The number of carbonyl (C=O) groups excluding carboxylic acids is 1. The molecule has 24 heavy (non-hydrogen) atoms. The molecule has 2 aromatic rings. The summed E-state index contributed by atoms with van der Waals surface area (Å²) in [5.74, 6) is -0.103. The number of hydrogen-bond donors (Lipinski definition) is 2. The Morgan fingerprint density at radius 2 is 1.79 bits per heavy atom. The Morgan fingerprint density at radius 1 is 1.08 bits per heavy atom. The summed E-state index contributed by atoms with van der Waals surface area (Å²) in [4.78, 5) is 15.0. The second-order valence-electron chi connectivity index (χ2n) is 6.56. The Morgan fingerprint density at radius 3 is 2.46 bits per heavy atom. The van der Waals surface area contributed by atoms with Crippen LogP contribution >= 0.6 is 0 Å². The van der Waals surface area contributed by atoms with Crippen LogP contribution < -0.4 is 9.80 Å². The molecule has 2 heterocycles. The lowest BCUT2D eigenvalue weighted by Crippen LogP contribution is -3.28. The number of hydrogen-bond acceptors (Lipinski definition) is 3. The minimum Gasteiger partial charge on any atom is -0.457 e. The molecule has 0 amide bonds. The molecule has 0 saturated carbocycles. The van der Waals surface area contributed by atoms with Gasteiger partial charge in [0.25, 0.3) is 0 Å². The van der Waals surface area contributed by atoms with Gasteiger partial charge in [0, 0.05) is 5.56 Å². The van der Waals surface area contributed by atoms with Gasteiger partial charge in [0.2, 0.25) is 5.76 Å². The molecule has 1 fully saturated rings. The summed E-state index contributed by atoms with van der Waals surface area (Å²) in [7, 11) is 0. The van der Waals surface area contributed by atoms with E-state index in [-0.39, 0.29) is 17.8 Å². The number of benzene rings is 1. The first-order chi connectivity index (χ1) is 11.7. The number of furan rings is 1. The Balaban J connectivity index is 1.39. The highest BCUT2D eigenvalue weighted by Gasteiger charge is 2.26. The summed E-state index contributed by atoms with van der Waals surface area (Å²) in [5, 5.41) is 0. The molecule has 1 aliphatic rings. The van der Waals surface area contributed by atoms with Crippen LogP contribution in [0.4, 0.5) is 0 Å². The first kappa shape index (κ1) is 16.7. The molecule has 0 aliphatic carbocycles. The fraction of sp³-hybridized carbons (Fsp3) is 0.421. The number of piperazine rings is 1. The molecule has 0 spiro atoms. The van der Waals surface area contributed by atoms with Crippen LogP contribution in [0.15, 0.2) is 53.1 Å². The molecule has 0 bridgehead atoms. The highest BCUT2D eigenvalue weighted by molar-refractivity contribution is 5.86. The van der Waals surface area contributed by atoms with Gasteiger partial charge in [0.15, 0.2) is 0 Å². The van der Waals surface area contributed by atoms with E-state index in [1.165, 1.54) is 16.7 Å². The number of ether oxygens (including phenoxy) is 1. The van der Waals surface area contributed by atoms with Gasteiger partial charge in [0.1, 0.15) is 45.4 Å². The van der Waals surface area contributed by atoms with Crippen molar-refractivity contribution in [1.82, 2.24) is 0 Å². The molecular formula is C19H26N2O3+2. The van der Waals surface area contributed by atoms with Gasteiger partial charge in [0.05, 0.1) is 6.26 Å². The molecule has 2 N–H and O–H groups in total. The van der Waals surface area contributed by atoms with Gasteiger partial charge in [-0.2, -0.15) is 0 Å². The summed E-state index contributed by atoms with van der Waals surface area (Å²) in [5.41, 5.74) is 1.40. The Hall–Kier alpha value is -2.11. The minimum absolute atomic E-state index is 0.103. The highest BCUT2D eigenvalue weighted by Crippen LogP contribution is 2.04. The van der Waals surface area contributed by atoms with Crippen molar-refractivity contribution < 1.29 is 23.7 Å². The monoisotopic (exact) mass is 330 g/mol. The molecule has 1 aliphatic heterocycles. The summed E-state index contributed by atoms with van der Waals surface area (Å²) in [6, 6.07) is 14.0. The summed E-state index contributed by atoms with van der Waals surface area (Å²) in [6.07, 6.45) is 1.38. The fourth-order valence-corrected chi connectivity index (χ4v) is 3.31. The van der Waals surface area contributed by atoms with E-state index in [1.807, 2.05) is 6.92 Å². The van der Waals surface area contributed by atoms with Crippen LogP contribution in [0, 0.1) is 0 Å². The van der Waals surface area contributed by atoms with Crippen molar-refractivity contribution in [3.8, 4) is 0 Å². The Kier molecular flexibility index (Phi) is 5.67. The first-order valence-electron chi connectivity index (χ1n) is 8.66. The van der Waals surface area contributed by atoms with Crippen LogP contribution in [0.3, 0.4) is 0 Å². The fourth-order valence-electron chi connectivity index (χ4n) is 3.31. The molecule has 128 valence electrons. The predicted molar refractivity (Wildman–Crippen MR) is 90.0 cm³/mol. The quantitative estimate of drug-likeness (QED) is 0.722. The molecule has 0 unspecified atom stereocenters. The van der Waals surface area contributed by atoms with Gasteiger partial charge in [-0.1, -0.05) is 30.3 Å². The van der Waals surface area contributed by atoms with Crippen LogP contribution in [0.25, 0.3) is 0 Å². The Labute approximate surface area is 142 Å². The van der Waals surface area contributed by atoms with Crippen molar-refractivity contribution in [1.29, 1.82) is 0 Å². The van der Waals surface area contributed by atoms with Gasteiger partial charge in [-0.05, 0) is 19.1 Å². The minimum atomic E-state index is -0.375. The zero-order valence-electron chi connectivity index (χ0n) is 14.2. The number of quaternary nitrogens is 2. The molecular weight excluding hydrogens is 304 g/mol. The van der Waals surface area contributed by atoms with E-state index in [1.54, 1.807) is 17.0 Å². The van der Waals surface area contributed by atoms with E-state index in [2.05, 4.69) is 30.3 Å². The normalized spacial score (nSPS) is 22.0.